The summed E-state index contributed by atoms with van der Waals surface area (Å²) in [6.07, 6.45) is 1.66. The van der Waals surface area contributed by atoms with E-state index in [-0.39, 0.29) is 24.3 Å². The molecular formula is C12H21NO3. The Balaban J connectivity index is 2.41. The molecule has 0 aromatic heterocycles. The first-order valence-electron chi connectivity index (χ1n) is 5.95. The molecule has 2 unspecified atom stereocenters. The summed E-state index contributed by atoms with van der Waals surface area (Å²) in [4.78, 5) is 24.2. The fourth-order valence-electron chi connectivity index (χ4n) is 1.90. The Morgan fingerprint density at radius 3 is 2.38 bits per heavy atom. The number of rotatable bonds is 6. The average molecular weight is 227 g/mol. The number of hydrogen-bond acceptors (Lipinski definition) is 2. The molecular weight excluding hydrogens is 206 g/mol. The van der Waals surface area contributed by atoms with Crippen molar-refractivity contribution in [3.05, 3.63) is 0 Å². The highest BCUT2D eigenvalue weighted by Gasteiger charge is 2.41. The normalized spacial score (nSPS) is 23.2. The molecule has 0 bridgehead atoms. The van der Waals surface area contributed by atoms with Gasteiger partial charge in [-0.15, -0.1) is 0 Å². The molecule has 0 heterocycles. The van der Waals surface area contributed by atoms with E-state index in [0.29, 0.717) is 18.9 Å². The Morgan fingerprint density at radius 2 is 2.00 bits per heavy atom. The lowest BCUT2D eigenvalue weighted by atomic mass is 10.2. The van der Waals surface area contributed by atoms with Crippen LogP contribution in [0.2, 0.25) is 0 Å². The Bertz CT molecular complexity index is 275. The molecule has 1 fully saturated rings. The smallest absolute Gasteiger partial charge is 0.303 e. The van der Waals surface area contributed by atoms with Crippen LogP contribution in [0.15, 0.2) is 0 Å². The van der Waals surface area contributed by atoms with E-state index in [9.17, 15) is 9.59 Å². The van der Waals surface area contributed by atoms with E-state index in [1.807, 2.05) is 18.7 Å². The fraction of sp³-hybridized carbons (Fsp3) is 0.833. The van der Waals surface area contributed by atoms with Crippen LogP contribution in [0.4, 0.5) is 0 Å². The molecule has 16 heavy (non-hydrogen) atoms. The van der Waals surface area contributed by atoms with Crippen molar-refractivity contribution < 1.29 is 14.7 Å². The van der Waals surface area contributed by atoms with Gasteiger partial charge in [0.05, 0.1) is 0 Å². The van der Waals surface area contributed by atoms with E-state index >= 15 is 0 Å². The number of aliphatic carboxylic acids is 1. The number of nitrogens with zero attached hydrogens (tertiary/aromatic N) is 1. The van der Waals surface area contributed by atoms with Gasteiger partial charge in [-0.05, 0) is 32.6 Å². The Hall–Kier alpha value is -1.06. The van der Waals surface area contributed by atoms with E-state index < -0.39 is 5.97 Å². The lowest BCUT2D eigenvalue weighted by Gasteiger charge is -2.26. The van der Waals surface area contributed by atoms with Crippen LogP contribution in [0, 0.1) is 11.8 Å². The lowest BCUT2D eigenvalue weighted by Crippen LogP contribution is -2.39. The van der Waals surface area contributed by atoms with Crippen LogP contribution in [0.1, 0.15) is 40.0 Å². The molecule has 1 aliphatic rings. The predicted molar refractivity (Wildman–Crippen MR) is 61.0 cm³/mol. The molecule has 1 rings (SSSR count). The van der Waals surface area contributed by atoms with Crippen molar-refractivity contribution in [1.82, 2.24) is 4.90 Å². The van der Waals surface area contributed by atoms with Crippen LogP contribution in [-0.4, -0.2) is 34.5 Å². The number of carbonyl (C=O) groups excluding carboxylic acids is 1. The van der Waals surface area contributed by atoms with Crippen LogP contribution in [0.5, 0.6) is 0 Å². The van der Waals surface area contributed by atoms with E-state index in [0.717, 1.165) is 6.42 Å². The Kier molecular flexibility index (Phi) is 4.33. The lowest BCUT2D eigenvalue weighted by molar-refractivity contribution is -0.139. The van der Waals surface area contributed by atoms with Crippen LogP contribution in [0.3, 0.4) is 0 Å². The topological polar surface area (TPSA) is 57.6 Å². The second-order valence-corrected chi connectivity index (χ2v) is 4.94. The molecule has 1 N–H and O–H groups in total. The summed E-state index contributed by atoms with van der Waals surface area (Å²) < 4.78 is 0. The van der Waals surface area contributed by atoms with Gasteiger partial charge in [-0.25, -0.2) is 0 Å². The van der Waals surface area contributed by atoms with E-state index in [1.54, 1.807) is 0 Å². The van der Waals surface area contributed by atoms with Gasteiger partial charge >= 0.3 is 5.97 Å². The summed E-state index contributed by atoms with van der Waals surface area (Å²) in [5.41, 5.74) is 0. The van der Waals surface area contributed by atoms with Crippen LogP contribution in [-0.2, 0) is 9.59 Å². The number of carbonyl (C=O) groups is 2. The minimum absolute atomic E-state index is 0.136. The number of amides is 1. The summed E-state index contributed by atoms with van der Waals surface area (Å²) >= 11 is 0. The average Bonchev–Trinajstić information content (AvgIpc) is 2.88. The summed E-state index contributed by atoms with van der Waals surface area (Å²) in [6, 6.07) is 0.161. The quantitative estimate of drug-likeness (QED) is 0.752. The first kappa shape index (κ1) is 13.0. The molecule has 92 valence electrons. The zero-order chi connectivity index (χ0) is 12.3. The molecule has 0 saturated heterocycles. The third kappa shape index (κ3) is 3.51. The maximum atomic E-state index is 12.0. The van der Waals surface area contributed by atoms with Crippen LogP contribution in [0.25, 0.3) is 0 Å². The minimum Gasteiger partial charge on any atom is -0.481 e. The van der Waals surface area contributed by atoms with Crippen LogP contribution < -0.4 is 0 Å². The van der Waals surface area contributed by atoms with Crippen molar-refractivity contribution in [2.45, 2.75) is 46.1 Å². The number of carboxylic acid groups (broad SMARTS) is 1. The molecule has 4 nitrogen and oxygen atoms in total. The molecule has 1 amide bonds. The van der Waals surface area contributed by atoms with E-state index in [1.165, 1.54) is 0 Å². The molecule has 1 saturated carbocycles. The van der Waals surface area contributed by atoms with Gasteiger partial charge in [-0.1, -0.05) is 6.92 Å². The van der Waals surface area contributed by atoms with Crippen LogP contribution >= 0.6 is 0 Å². The van der Waals surface area contributed by atoms with Crippen molar-refractivity contribution >= 4 is 11.9 Å². The second kappa shape index (κ2) is 5.32. The number of carboxylic acids is 1. The molecule has 2 atom stereocenters. The van der Waals surface area contributed by atoms with Crippen molar-refractivity contribution in [1.29, 1.82) is 0 Å². The third-order valence-electron chi connectivity index (χ3n) is 3.12. The van der Waals surface area contributed by atoms with Gasteiger partial charge in [0, 0.05) is 24.9 Å². The molecule has 0 aliphatic heterocycles. The summed E-state index contributed by atoms with van der Waals surface area (Å²) in [5, 5.41) is 8.56. The van der Waals surface area contributed by atoms with Gasteiger partial charge < -0.3 is 10.0 Å². The minimum atomic E-state index is -0.795. The summed E-state index contributed by atoms with van der Waals surface area (Å²) in [7, 11) is 0. The van der Waals surface area contributed by atoms with Gasteiger partial charge in [-0.2, -0.15) is 0 Å². The zero-order valence-corrected chi connectivity index (χ0v) is 10.3. The summed E-state index contributed by atoms with van der Waals surface area (Å²) in [6.45, 7) is 6.60. The molecule has 0 aromatic carbocycles. The maximum absolute atomic E-state index is 12.0. The highest BCUT2D eigenvalue weighted by atomic mass is 16.4. The highest BCUT2D eigenvalue weighted by Crippen LogP contribution is 2.39. The van der Waals surface area contributed by atoms with E-state index in [2.05, 4.69) is 6.92 Å². The predicted octanol–water partition coefficient (Wildman–Crippen LogP) is 1.74. The van der Waals surface area contributed by atoms with Gasteiger partial charge in [0.15, 0.2) is 0 Å². The van der Waals surface area contributed by atoms with Crippen molar-refractivity contribution in [2.75, 3.05) is 6.54 Å². The largest absolute Gasteiger partial charge is 0.481 e. The third-order valence-corrected chi connectivity index (χ3v) is 3.12. The zero-order valence-electron chi connectivity index (χ0n) is 10.3. The van der Waals surface area contributed by atoms with Gasteiger partial charge in [0.2, 0.25) is 5.91 Å². The van der Waals surface area contributed by atoms with Gasteiger partial charge in [0.25, 0.3) is 0 Å². The summed E-state index contributed by atoms with van der Waals surface area (Å²) in [5.74, 6) is 0.101. The number of hydrogen-bond donors (Lipinski definition) is 1. The Morgan fingerprint density at radius 1 is 1.44 bits per heavy atom. The highest BCUT2D eigenvalue weighted by molar-refractivity contribution is 5.81. The molecule has 0 spiro atoms. The fourth-order valence-corrected chi connectivity index (χ4v) is 1.90. The first-order chi connectivity index (χ1) is 7.43. The molecule has 4 heteroatoms. The van der Waals surface area contributed by atoms with E-state index in [4.69, 9.17) is 5.11 Å². The van der Waals surface area contributed by atoms with Crippen molar-refractivity contribution in [3.8, 4) is 0 Å². The Labute approximate surface area is 96.6 Å². The molecule has 0 aromatic rings. The maximum Gasteiger partial charge on any atom is 0.303 e. The van der Waals surface area contributed by atoms with Crippen molar-refractivity contribution in [2.24, 2.45) is 11.8 Å². The second-order valence-electron chi connectivity index (χ2n) is 4.94. The standard InChI is InChI=1S/C12H21NO3/c1-8(2)13(6-4-5-11(14)15)12(16)10-7-9(10)3/h8-10H,4-7H2,1-3H3,(H,14,15). The SMILES string of the molecule is CC1CC1C(=O)N(CCCC(=O)O)C(C)C. The monoisotopic (exact) mass is 227 g/mol. The molecule has 1 aliphatic carbocycles. The molecule has 0 radical (unpaired) electrons. The first-order valence-corrected chi connectivity index (χ1v) is 5.95. The van der Waals surface area contributed by atoms with Crippen molar-refractivity contribution in [3.63, 3.8) is 0 Å². The van der Waals surface area contributed by atoms with Gasteiger partial charge in [0.1, 0.15) is 0 Å². The van der Waals surface area contributed by atoms with Gasteiger partial charge in [-0.3, -0.25) is 9.59 Å².